The lowest BCUT2D eigenvalue weighted by Crippen LogP contribution is -2.14. The molecule has 1 unspecified atom stereocenters. The third-order valence-electron chi connectivity index (χ3n) is 2.64. The molecule has 0 saturated heterocycles. The first-order valence-electron chi connectivity index (χ1n) is 5.10. The Morgan fingerprint density at radius 3 is 1.82 bits per heavy atom. The first-order valence-corrected chi connectivity index (χ1v) is 8.73. The van der Waals surface area contributed by atoms with Crippen molar-refractivity contribution in [2.45, 2.75) is 0 Å². The fourth-order valence-electron chi connectivity index (χ4n) is 1.60. The Kier molecular flexibility index (Phi) is 3.67. The summed E-state index contributed by atoms with van der Waals surface area (Å²) in [7, 11) is 0. The topological polar surface area (TPSA) is 0 Å². The van der Waals surface area contributed by atoms with Gasteiger partial charge in [0.05, 0.1) is 0 Å². The molecule has 0 aliphatic rings. The summed E-state index contributed by atoms with van der Waals surface area (Å²) in [6.07, 6.45) is 0. The van der Waals surface area contributed by atoms with Crippen LogP contribution in [-0.4, -0.2) is 6.66 Å². The van der Waals surface area contributed by atoms with Crippen molar-refractivity contribution in [3.63, 3.8) is 0 Å². The molecule has 0 fully saturated rings. The van der Waals surface area contributed by atoms with Crippen LogP contribution in [0, 0.1) is 5.82 Å². The number of benzene rings is 2. The molecule has 0 aliphatic carbocycles. The summed E-state index contributed by atoms with van der Waals surface area (Å²) in [4.78, 5) is 0. The van der Waals surface area contributed by atoms with Gasteiger partial charge in [-0.15, -0.1) is 0 Å². The highest BCUT2D eigenvalue weighted by Crippen LogP contribution is 2.39. The largest absolute Gasteiger partial charge is 0.207 e. The second-order valence-corrected chi connectivity index (χ2v) is 9.39. The second kappa shape index (κ2) is 4.89. The summed E-state index contributed by atoms with van der Waals surface area (Å²) < 4.78 is 12.9. The summed E-state index contributed by atoms with van der Waals surface area (Å²) in [5, 5.41) is 2.79. The molecule has 88 valence electrons. The van der Waals surface area contributed by atoms with Crippen molar-refractivity contribution in [3.8, 4) is 0 Å². The third kappa shape index (κ3) is 2.77. The predicted octanol–water partition coefficient (Wildman–Crippen LogP) is 3.54. The van der Waals surface area contributed by atoms with Crippen LogP contribution in [0.15, 0.2) is 48.5 Å². The van der Waals surface area contributed by atoms with E-state index in [9.17, 15) is 4.39 Å². The van der Waals surface area contributed by atoms with Gasteiger partial charge in [0, 0.05) is 11.1 Å². The van der Waals surface area contributed by atoms with Gasteiger partial charge in [-0.05, 0) is 41.5 Å². The smallest absolute Gasteiger partial charge is 0.123 e. The summed E-state index contributed by atoms with van der Waals surface area (Å²) in [6, 6.07) is 12.2. The zero-order chi connectivity index (χ0) is 12.5. The molecule has 1 atom stereocenters. The van der Waals surface area contributed by atoms with Gasteiger partial charge in [-0.25, -0.2) is 4.39 Å². The molecular weight excluding hydrogens is 274 g/mol. The van der Waals surface area contributed by atoms with Gasteiger partial charge >= 0.3 is 0 Å². The Balaban J connectivity index is 2.45. The van der Waals surface area contributed by atoms with Crippen LogP contribution in [0.3, 0.4) is 0 Å². The van der Waals surface area contributed by atoms with E-state index in [1.807, 2.05) is 30.9 Å². The van der Waals surface area contributed by atoms with Gasteiger partial charge in [-0.2, -0.15) is 0 Å². The van der Waals surface area contributed by atoms with Gasteiger partial charge in [0.2, 0.25) is 0 Å². The zero-order valence-corrected chi connectivity index (χ0v) is 11.7. The van der Waals surface area contributed by atoms with E-state index in [-0.39, 0.29) is 5.82 Å². The fraction of sp³-hybridized carbons (Fsp3) is 0.0769. The maximum atomic E-state index is 12.9. The van der Waals surface area contributed by atoms with E-state index in [4.69, 9.17) is 23.4 Å². The monoisotopic (exact) mass is 284 g/mol. The summed E-state index contributed by atoms with van der Waals surface area (Å²) in [6.45, 7) is 2.04. The Labute approximate surface area is 110 Å². The fourth-order valence-corrected chi connectivity index (χ4v) is 4.19. The molecule has 4 heteroatoms. The molecule has 0 N–H and O–H groups in total. The first-order chi connectivity index (χ1) is 8.00. The molecule has 0 bridgehead atoms. The van der Waals surface area contributed by atoms with Crippen LogP contribution in [0.1, 0.15) is 0 Å². The average molecular weight is 285 g/mol. The first kappa shape index (κ1) is 12.8. The van der Waals surface area contributed by atoms with E-state index in [0.29, 0.717) is 5.02 Å². The molecule has 0 nitrogen and oxygen atoms in total. The number of hydrogen-bond acceptors (Lipinski definition) is 1. The van der Waals surface area contributed by atoms with E-state index >= 15 is 0 Å². The number of halogens is 2. The van der Waals surface area contributed by atoms with Crippen LogP contribution in [0.4, 0.5) is 4.39 Å². The van der Waals surface area contributed by atoms with Crippen LogP contribution in [-0.2, 0) is 11.8 Å². The van der Waals surface area contributed by atoms with Crippen molar-refractivity contribution < 1.29 is 4.39 Å². The highest BCUT2D eigenvalue weighted by atomic mass is 35.5. The van der Waals surface area contributed by atoms with Crippen LogP contribution in [0.25, 0.3) is 0 Å². The third-order valence-corrected chi connectivity index (χ3v) is 6.72. The molecule has 0 spiro atoms. The lowest BCUT2D eigenvalue weighted by atomic mass is 10.3. The molecule has 0 saturated carbocycles. The minimum absolute atomic E-state index is 0.236. The zero-order valence-electron chi connectivity index (χ0n) is 9.23. The van der Waals surface area contributed by atoms with E-state index < -0.39 is 6.04 Å². The Hall–Kier alpha value is -0.690. The number of hydrogen-bond donors (Lipinski definition) is 0. The molecule has 2 aromatic carbocycles. The Morgan fingerprint density at radius 1 is 0.941 bits per heavy atom. The highest BCUT2D eigenvalue weighted by molar-refractivity contribution is 8.21. The lowest BCUT2D eigenvalue weighted by Gasteiger charge is -2.17. The Bertz CT molecular complexity index is 513. The molecule has 2 rings (SSSR count). The van der Waals surface area contributed by atoms with Crippen molar-refractivity contribution >= 4 is 40.1 Å². The van der Waals surface area contributed by atoms with Gasteiger partial charge in [0.25, 0.3) is 0 Å². The van der Waals surface area contributed by atoms with Crippen LogP contribution < -0.4 is 10.6 Å². The average Bonchev–Trinajstić information content (AvgIpc) is 2.30. The maximum Gasteiger partial charge on any atom is 0.123 e. The molecular formula is C13H11ClFPS. The minimum atomic E-state index is -1.83. The van der Waals surface area contributed by atoms with Crippen molar-refractivity contribution in [2.24, 2.45) is 0 Å². The number of rotatable bonds is 2. The molecule has 0 amide bonds. The van der Waals surface area contributed by atoms with Crippen molar-refractivity contribution in [1.82, 2.24) is 0 Å². The SMILES string of the molecule is CP(=S)(c1ccc(F)cc1)c1ccc(Cl)cc1. The molecule has 0 radical (unpaired) electrons. The summed E-state index contributed by atoms with van der Waals surface area (Å²) >= 11 is 11.6. The molecule has 2 aromatic rings. The molecule has 0 aromatic heterocycles. The van der Waals surface area contributed by atoms with Crippen molar-refractivity contribution in [1.29, 1.82) is 0 Å². The molecule has 17 heavy (non-hydrogen) atoms. The van der Waals surface area contributed by atoms with E-state index in [1.54, 1.807) is 12.1 Å². The second-order valence-electron chi connectivity index (χ2n) is 3.88. The van der Waals surface area contributed by atoms with Crippen molar-refractivity contribution in [3.05, 3.63) is 59.4 Å². The van der Waals surface area contributed by atoms with Crippen LogP contribution >= 0.6 is 17.6 Å². The highest BCUT2D eigenvalue weighted by Gasteiger charge is 2.15. The van der Waals surface area contributed by atoms with Gasteiger partial charge in [0.1, 0.15) is 5.82 Å². The quantitative estimate of drug-likeness (QED) is 0.760. The van der Waals surface area contributed by atoms with E-state index in [2.05, 4.69) is 0 Å². The Morgan fingerprint density at radius 2 is 1.35 bits per heavy atom. The maximum absolute atomic E-state index is 12.9. The van der Waals surface area contributed by atoms with Crippen molar-refractivity contribution in [2.75, 3.05) is 6.66 Å². The van der Waals surface area contributed by atoms with E-state index in [0.717, 1.165) is 10.6 Å². The summed E-state index contributed by atoms with van der Waals surface area (Å²) in [5.74, 6) is -0.236. The van der Waals surface area contributed by atoms with Gasteiger partial charge in [-0.3, -0.25) is 0 Å². The summed E-state index contributed by atoms with van der Waals surface area (Å²) in [5.41, 5.74) is 0. The van der Waals surface area contributed by atoms with Gasteiger partial charge in [0.15, 0.2) is 0 Å². The van der Waals surface area contributed by atoms with Gasteiger partial charge in [-0.1, -0.05) is 47.7 Å². The van der Waals surface area contributed by atoms with Crippen LogP contribution in [0.2, 0.25) is 5.02 Å². The van der Waals surface area contributed by atoms with Gasteiger partial charge < -0.3 is 0 Å². The predicted molar refractivity (Wildman–Crippen MR) is 77.3 cm³/mol. The lowest BCUT2D eigenvalue weighted by molar-refractivity contribution is 0.628. The van der Waals surface area contributed by atoms with E-state index in [1.165, 1.54) is 12.1 Å². The minimum Gasteiger partial charge on any atom is -0.207 e. The standard InChI is InChI=1S/C13H11ClFPS/c1-16(17,12-6-2-10(14)3-7-12)13-8-4-11(15)5-9-13/h2-9H,1H3. The normalized spacial score (nSPS) is 14.3. The molecule has 0 heterocycles. The van der Waals surface area contributed by atoms with Crippen LogP contribution in [0.5, 0.6) is 0 Å². The molecule has 0 aliphatic heterocycles.